The molecule has 2 heterocycles. The predicted molar refractivity (Wildman–Crippen MR) is 64.5 cm³/mol. The Morgan fingerprint density at radius 3 is 2.95 bits per heavy atom. The topological polar surface area (TPSA) is 138 Å². The Hall–Kier alpha value is -1.99. The SMILES string of the molecule is [2H]C([2H])(O)[C@H]1O[C@@H](n2ncc(=O)[nH]c2=O)C(O)(C#CC)[C@H]1O. The molecule has 1 aliphatic heterocycles. The first kappa shape index (κ1) is 11.8. The summed E-state index contributed by atoms with van der Waals surface area (Å²) in [5.74, 6) is 4.55. The summed E-state index contributed by atoms with van der Waals surface area (Å²) in [5, 5.41) is 33.4. The number of aromatic nitrogens is 3. The molecule has 2 rings (SSSR count). The van der Waals surface area contributed by atoms with E-state index >= 15 is 0 Å². The maximum absolute atomic E-state index is 11.7. The Labute approximate surface area is 115 Å². The predicted octanol–water partition coefficient (Wildman–Crippen LogP) is -3.06. The van der Waals surface area contributed by atoms with Gasteiger partial charge in [-0.15, -0.1) is 5.92 Å². The van der Waals surface area contributed by atoms with Crippen molar-refractivity contribution in [3.05, 3.63) is 27.0 Å². The van der Waals surface area contributed by atoms with Gasteiger partial charge < -0.3 is 20.1 Å². The second-order valence-corrected chi connectivity index (χ2v) is 4.07. The number of rotatable bonds is 2. The fourth-order valence-electron chi connectivity index (χ4n) is 1.90. The van der Waals surface area contributed by atoms with Crippen molar-refractivity contribution >= 4 is 0 Å². The fourth-order valence-corrected chi connectivity index (χ4v) is 1.90. The summed E-state index contributed by atoms with van der Waals surface area (Å²) in [7, 11) is 0. The molecule has 0 aliphatic carbocycles. The molecular weight excluding hydrogens is 270 g/mol. The number of nitrogens with zero attached hydrogens (tertiary/aromatic N) is 2. The molecule has 9 nitrogen and oxygen atoms in total. The number of ether oxygens (including phenoxy) is 1. The third-order valence-corrected chi connectivity index (χ3v) is 2.80. The van der Waals surface area contributed by atoms with E-state index in [1.807, 2.05) is 4.98 Å². The molecule has 1 fully saturated rings. The van der Waals surface area contributed by atoms with Crippen LogP contribution in [0.25, 0.3) is 0 Å². The van der Waals surface area contributed by atoms with Crippen LogP contribution in [-0.4, -0.2) is 54.5 Å². The number of aliphatic hydroxyl groups excluding tert-OH is 1. The summed E-state index contributed by atoms with van der Waals surface area (Å²) in [6.07, 6.45) is -4.85. The summed E-state index contributed by atoms with van der Waals surface area (Å²) in [5.41, 5.74) is -4.26. The smallest absolute Gasteiger partial charge is 0.347 e. The van der Waals surface area contributed by atoms with Crippen molar-refractivity contribution < 1.29 is 22.8 Å². The summed E-state index contributed by atoms with van der Waals surface area (Å²) >= 11 is 0. The van der Waals surface area contributed by atoms with Crippen LogP contribution in [0.2, 0.25) is 0 Å². The molecule has 1 unspecified atom stereocenters. The number of hydrogen-bond acceptors (Lipinski definition) is 7. The highest BCUT2D eigenvalue weighted by Crippen LogP contribution is 2.36. The van der Waals surface area contributed by atoms with Crippen LogP contribution in [-0.2, 0) is 4.74 Å². The van der Waals surface area contributed by atoms with E-state index in [1.165, 1.54) is 6.92 Å². The van der Waals surface area contributed by atoms with Gasteiger partial charge in [-0.25, -0.2) is 4.79 Å². The molecule has 1 aliphatic rings. The molecule has 0 bridgehead atoms. The number of aliphatic hydroxyl groups is 3. The fraction of sp³-hybridized carbons (Fsp3) is 0.545. The van der Waals surface area contributed by atoms with Crippen LogP contribution in [0, 0.1) is 11.8 Å². The zero-order chi connectivity index (χ0) is 16.7. The Morgan fingerprint density at radius 1 is 1.70 bits per heavy atom. The third kappa shape index (κ3) is 2.14. The second kappa shape index (κ2) is 5.18. The molecule has 20 heavy (non-hydrogen) atoms. The number of nitrogens with one attached hydrogen (secondary N) is 1. The summed E-state index contributed by atoms with van der Waals surface area (Å²) in [6, 6.07) is 0. The Balaban J connectivity index is 2.59. The zero-order valence-corrected chi connectivity index (χ0v) is 10.3. The lowest BCUT2D eigenvalue weighted by atomic mass is 9.95. The van der Waals surface area contributed by atoms with E-state index < -0.39 is 41.8 Å². The first-order valence-corrected chi connectivity index (χ1v) is 5.51. The minimum absolute atomic E-state index is 0.501. The van der Waals surface area contributed by atoms with Crippen molar-refractivity contribution in [2.45, 2.75) is 31.0 Å². The lowest BCUT2D eigenvalue weighted by Gasteiger charge is -2.25. The number of hydrogen-bond donors (Lipinski definition) is 4. The van der Waals surface area contributed by atoms with Crippen LogP contribution >= 0.6 is 0 Å². The molecule has 4 atom stereocenters. The van der Waals surface area contributed by atoms with Gasteiger partial charge in [-0.1, -0.05) is 5.92 Å². The van der Waals surface area contributed by atoms with E-state index in [2.05, 4.69) is 16.9 Å². The average Bonchev–Trinajstić information content (AvgIpc) is 2.63. The molecule has 1 aromatic heterocycles. The summed E-state index contributed by atoms with van der Waals surface area (Å²) in [4.78, 5) is 24.6. The number of aromatic amines is 1. The van der Waals surface area contributed by atoms with Gasteiger partial charge in [-0.05, 0) is 6.92 Å². The van der Waals surface area contributed by atoms with Crippen LogP contribution in [0.4, 0.5) is 0 Å². The van der Waals surface area contributed by atoms with E-state index in [1.54, 1.807) is 0 Å². The van der Waals surface area contributed by atoms with Crippen molar-refractivity contribution in [1.29, 1.82) is 0 Å². The summed E-state index contributed by atoms with van der Waals surface area (Å²) in [6.45, 7) is -1.67. The molecule has 108 valence electrons. The Kier molecular flexibility index (Phi) is 3.06. The first-order valence-electron chi connectivity index (χ1n) is 6.51. The zero-order valence-electron chi connectivity index (χ0n) is 12.3. The maximum atomic E-state index is 11.7. The van der Waals surface area contributed by atoms with E-state index in [0.29, 0.717) is 4.68 Å². The molecule has 0 amide bonds. The highest BCUT2D eigenvalue weighted by molar-refractivity contribution is 5.21. The Bertz CT molecular complexity index is 745. The van der Waals surface area contributed by atoms with Gasteiger partial charge in [0.2, 0.25) is 5.60 Å². The molecule has 4 N–H and O–H groups in total. The van der Waals surface area contributed by atoms with E-state index in [4.69, 9.17) is 7.48 Å². The summed E-state index contributed by atoms with van der Waals surface area (Å²) < 4.78 is 20.0. The molecule has 0 saturated carbocycles. The maximum Gasteiger partial charge on any atom is 0.347 e. The second-order valence-electron chi connectivity index (χ2n) is 4.07. The number of H-pyrrole nitrogens is 1. The van der Waals surface area contributed by atoms with Gasteiger partial charge in [-0.3, -0.25) is 9.78 Å². The highest BCUT2D eigenvalue weighted by Gasteiger charge is 2.56. The van der Waals surface area contributed by atoms with Crippen molar-refractivity contribution in [2.75, 3.05) is 6.56 Å². The monoisotopic (exact) mass is 285 g/mol. The minimum atomic E-state index is -3.01. The van der Waals surface area contributed by atoms with Crippen LogP contribution < -0.4 is 11.2 Å². The van der Waals surface area contributed by atoms with Crippen LogP contribution in [0.1, 0.15) is 15.9 Å². The molecular formula is C11H13N3O6. The van der Waals surface area contributed by atoms with Gasteiger partial charge in [0.05, 0.1) is 9.30 Å². The van der Waals surface area contributed by atoms with Crippen molar-refractivity contribution in [3.63, 3.8) is 0 Å². The van der Waals surface area contributed by atoms with Gasteiger partial charge in [-0.2, -0.15) is 9.78 Å². The normalized spacial score (nSPS) is 34.9. The van der Waals surface area contributed by atoms with Crippen molar-refractivity contribution in [1.82, 2.24) is 14.8 Å². The van der Waals surface area contributed by atoms with Crippen molar-refractivity contribution in [3.8, 4) is 11.8 Å². The average molecular weight is 285 g/mol. The van der Waals surface area contributed by atoms with E-state index in [-0.39, 0.29) is 0 Å². The van der Waals surface area contributed by atoms with Crippen molar-refractivity contribution in [2.24, 2.45) is 0 Å². The standard InChI is InChI=1S/C11H13N3O6/c1-2-3-11(19)8(17)6(5-15)20-9(11)14-10(18)13-7(16)4-12-14/h4,6,8-9,15,17,19H,5H2,1H3,(H,13,16,18)/t6-,8+,9-,11?/m1/s1/i5D2. The van der Waals surface area contributed by atoms with E-state index in [0.717, 1.165) is 6.20 Å². The Morgan fingerprint density at radius 2 is 2.40 bits per heavy atom. The van der Waals surface area contributed by atoms with E-state index in [9.17, 15) is 24.9 Å². The molecule has 1 saturated heterocycles. The van der Waals surface area contributed by atoms with Crippen LogP contribution in [0.3, 0.4) is 0 Å². The minimum Gasteiger partial charge on any atom is -0.394 e. The molecule has 1 aromatic rings. The largest absolute Gasteiger partial charge is 0.394 e. The lowest BCUT2D eigenvalue weighted by molar-refractivity contribution is -0.0838. The van der Waals surface area contributed by atoms with Gasteiger partial charge in [0.15, 0.2) is 6.23 Å². The first-order chi connectivity index (χ1) is 10.1. The highest BCUT2D eigenvalue weighted by atomic mass is 16.6. The molecule has 0 radical (unpaired) electrons. The lowest BCUT2D eigenvalue weighted by Crippen LogP contribution is -2.49. The van der Waals surface area contributed by atoms with Gasteiger partial charge in [0.1, 0.15) is 18.4 Å². The molecule has 0 spiro atoms. The molecule has 0 aromatic carbocycles. The van der Waals surface area contributed by atoms with Crippen LogP contribution in [0.15, 0.2) is 15.8 Å². The third-order valence-electron chi connectivity index (χ3n) is 2.80. The van der Waals surface area contributed by atoms with Gasteiger partial charge >= 0.3 is 5.69 Å². The van der Waals surface area contributed by atoms with Gasteiger partial charge in [0.25, 0.3) is 5.56 Å². The quantitative estimate of drug-likeness (QED) is 0.423. The van der Waals surface area contributed by atoms with Gasteiger partial charge in [0, 0.05) is 0 Å². The van der Waals surface area contributed by atoms with Crippen LogP contribution in [0.5, 0.6) is 0 Å². The molecule has 9 heteroatoms.